The first-order valence-corrected chi connectivity index (χ1v) is 18.2. The Bertz CT molecular complexity index is 1740. The molecule has 1 fully saturated rings. The van der Waals surface area contributed by atoms with Crippen LogP contribution in [0.1, 0.15) is 43.6 Å². The predicted molar refractivity (Wildman–Crippen MR) is 173 cm³/mol. The van der Waals surface area contributed by atoms with E-state index < -0.39 is 8.07 Å². The second kappa shape index (κ2) is 13.3. The third kappa shape index (κ3) is 6.49. The van der Waals surface area contributed by atoms with Crippen LogP contribution >= 0.6 is 0 Å². The summed E-state index contributed by atoms with van der Waals surface area (Å²) in [6.45, 7) is 7.04. The summed E-state index contributed by atoms with van der Waals surface area (Å²) >= 11 is 0. The standard InChI is InChI=1S/C20H18NOSi.C17H18N.Ir/c1-23(2,3)18-12-7-9-15-14-8-6-10-16(19(14)22-20(15)18)17-11-4-5-13-21-17;1-3-7-14(8-4-1)16-11-12-17(18-13-16)15-9-5-2-6-10-15;/h4-9,11-13H,1-3H3;2,5-6,9,11-14H,1,3-4,7-8H2;/q2*-1;. The molecule has 7 rings (SSSR count). The maximum atomic E-state index is 6.36. The molecule has 6 aromatic rings. The molecule has 215 valence electrons. The van der Waals surface area contributed by atoms with Crippen molar-refractivity contribution in [2.45, 2.75) is 57.7 Å². The fraction of sp³-hybridized carbons (Fsp3) is 0.243. The van der Waals surface area contributed by atoms with Crippen LogP contribution in [0.5, 0.6) is 0 Å². The van der Waals surface area contributed by atoms with Gasteiger partial charge < -0.3 is 14.4 Å². The van der Waals surface area contributed by atoms with Crippen LogP contribution in [-0.2, 0) is 20.1 Å². The molecular weight excluding hydrogens is 709 g/mol. The number of hydrogen-bond acceptors (Lipinski definition) is 3. The Labute approximate surface area is 263 Å². The van der Waals surface area contributed by atoms with Gasteiger partial charge in [-0.15, -0.1) is 54.1 Å². The Morgan fingerprint density at radius 2 is 1.52 bits per heavy atom. The van der Waals surface area contributed by atoms with E-state index in [2.05, 4.69) is 90.4 Å². The molecule has 5 heteroatoms. The van der Waals surface area contributed by atoms with E-state index in [9.17, 15) is 0 Å². The fourth-order valence-electron chi connectivity index (χ4n) is 5.85. The molecule has 3 aromatic carbocycles. The van der Waals surface area contributed by atoms with Gasteiger partial charge >= 0.3 is 0 Å². The molecule has 0 unspecified atom stereocenters. The van der Waals surface area contributed by atoms with Crippen molar-refractivity contribution in [2.24, 2.45) is 0 Å². The van der Waals surface area contributed by atoms with Gasteiger partial charge in [0.25, 0.3) is 0 Å². The number of furan rings is 1. The largest absolute Gasteiger partial charge is 0.501 e. The van der Waals surface area contributed by atoms with E-state index in [1.54, 1.807) is 6.20 Å². The average molecular weight is 745 g/mol. The maximum absolute atomic E-state index is 6.36. The van der Waals surface area contributed by atoms with E-state index in [1.807, 2.05) is 42.5 Å². The molecule has 1 radical (unpaired) electrons. The Morgan fingerprint density at radius 1 is 0.714 bits per heavy atom. The molecule has 3 heterocycles. The van der Waals surface area contributed by atoms with E-state index >= 15 is 0 Å². The zero-order valence-electron chi connectivity index (χ0n) is 24.5. The van der Waals surface area contributed by atoms with E-state index in [4.69, 9.17) is 4.42 Å². The Hall–Kier alpha value is -3.37. The van der Waals surface area contributed by atoms with Crippen LogP contribution in [-0.4, -0.2) is 18.0 Å². The predicted octanol–water partition coefficient (Wildman–Crippen LogP) is 9.59. The van der Waals surface area contributed by atoms with Crippen molar-refractivity contribution in [3.63, 3.8) is 0 Å². The molecule has 0 aliphatic heterocycles. The molecular formula is C37H36IrN2OSi-2. The second-order valence-corrected chi connectivity index (χ2v) is 17.0. The summed E-state index contributed by atoms with van der Waals surface area (Å²) in [6, 6.07) is 35.4. The number of pyridine rings is 2. The fourth-order valence-corrected chi connectivity index (χ4v) is 7.31. The molecule has 0 bridgehead atoms. The van der Waals surface area contributed by atoms with Crippen LogP contribution in [0.25, 0.3) is 44.5 Å². The quantitative estimate of drug-likeness (QED) is 0.133. The molecule has 3 aromatic heterocycles. The molecule has 0 saturated heterocycles. The summed E-state index contributed by atoms with van der Waals surface area (Å²) in [4.78, 5) is 9.05. The van der Waals surface area contributed by atoms with Crippen LogP contribution in [0.15, 0.2) is 102 Å². The Balaban J connectivity index is 0.000000169. The minimum absolute atomic E-state index is 0. The SMILES string of the molecule is C[Si](C)(C)c1cccc2c1oc1c(-c3ccccn3)[c-]ccc12.[Ir].[c-]1ccccc1-c1ccc(C2CCCCC2)cn1. The van der Waals surface area contributed by atoms with E-state index in [0.717, 1.165) is 45.0 Å². The maximum Gasteiger partial charge on any atom is 0.120 e. The summed E-state index contributed by atoms with van der Waals surface area (Å²) in [5.74, 6) is 0.736. The van der Waals surface area contributed by atoms with Gasteiger partial charge in [-0.05, 0) is 47.0 Å². The molecule has 0 amide bonds. The number of hydrogen-bond donors (Lipinski definition) is 0. The number of benzene rings is 3. The summed E-state index contributed by atoms with van der Waals surface area (Å²) < 4.78 is 6.36. The number of nitrogens with zero attached hydrogens (tertiary/aromatic N) is 2. The van der Waals surface area contributed by atoms with Gasteiger partial charge in [0.05, 0.1) is 13.7 Å². The van der Waals surface area contributed by atoms with Gasteiger partial charge in [0.1, 0.15) is 5.58 Å². The topological polar surface area (TPSA) is 38.9 Å². The van der Waals surface area contributed by atoms with Crippen molar-refractivity contribution in [1.82, 2.24) is 9.97 Å². The first-order valence-electron chi connectivity index (χ1n) is 14.7. The van der Waals surface area contributed by atoms with E-state index in [1.165, 1.54) is 48.2 Å². The molecule has 1 saturated carbocycles. The molecule has 0 atom stereocenters. The Kier molecular flexibility index (Phi) is 9.52. The number of rotatable bonds is 4. The molecule has 1 aliphatic rings. The first kappa shape index (κ1) is 30.1. The van der Waals surface area contributed by atoms with E-state index in [0.29, 0.717) is 0 Å². The second-order valence-electron chi connectivity index (χ2n) is 11.9. The van der Waals surface area contributed by atoms with Crippen molar-refractivity contribution in [2.75, 3.05) is 0 Å². The molecule has 1 aliphatic carbocycles. The van der Waals surface area contributed by atoms with Crippen molar-refractivity contribution in [3.05, 3.63) is 115 Å². The van der Waals surface area contributed by atoms with Gasteiger partial charge in [-0.25, -0.2) is 0 Å². The monoisotopic (exact) mass is 745 g/mol. The molecule has 42 heavy (non-hydrogen) atoms. The van der Waals surface area contributed by atoms with Gasteiger partial charge in [0.15, 0.2) is 0 Å². The smallest absolute Gasteiger partial charge is 0.120 e. The van der Waals surface area contributed by atoms with E-state index in [-0.39, 0.29) is 20.1 Å². The van der Waals surface area contributed by atoms with Crippen LogP contribution in [0.3, 0.4) is 0 Å². The third-order valence-electron chi connectivity index (χ3n) is 8.04. The summed E-state index contributed by atoms with van der Waals surface area (Å²) in [5.41, 5.74) is 7.25. The minimum Gasteiger partial charge on any atom is -0.501 e. The van der Waals surface area contributed by atoms with Crippen molar-refractivity contribution in [3.8, 4) is 22.5 Å². The molecule has 0 spiro atoms. The van der Waals surface area contributed by atoms with Gasteiger partial charge in [0, 0.05) is 37.9 Å². The van der Waals surface area contributed by atoms with Crippen molar-refractivity contribution < 1.29 is 24.5 Å². The third-order valence-corrected chi connectivity index (χ3v) is 10.0. The molecule has 0 N–H and O–H groups in total. The van der Waals surface area contributed by atoms with Crippen molar-refractivity contribution in [1.29, 1.82) is 0 Å². The summed E-state index contributed by atoms with van der Waals surface area (Å²) in [5, 5.41) is 3.68. The number of para-hydroxylation sites is 1. The average Bonchev–Trinajstić information content (AvgIpc) is 3.41. The summed E-state index contributed by atoms with van der Waals surface area (Å²) in [6.07, 6.45) is 10.7. The molecule has 3 nitrogen and oxygen atoms in total. The van der Waals surface area contributed by atoms with Crippen molar-refractivity contribution >= 4 is 35.2 Å². The van der Waals surface area contributed by atoms with Crippen LogP contribution in [0.4, 0.5) is 0 Å². The number of aromatic nitrogens is 2. The van der Waals surface area contributed by atoms with Gasteiger partial charge in [0.2, 0.25) is 0 Å². The van der Waals surface area contributed by atoms with Gasteiger partial charge in [-0.3, -0.25) is 0 Å². The van der Waals surface area contributed by atoms with Crippen LogP contribution in [0.2, 0.25) is 19.6 Å². The minimum atomic E-state index is -1.48. The number of fused-ring (bicyclic) bond motifs is 3. The summed E-state index contributed by atoms with van der Waals surface area (Å²) in [7, 11) is -1.48. The van der Waals surface area contributed by atoms with Crippen LogP contribution in [0, 0.1) is 12.1 Å². The Morgan fingerprint density at radius 3 is 2.21 bits per heavy atom. The van der Waals surface area contributed by atoms with Crippen LogP contribution < -0.4 is 5.19 Å². The van der Waals surface area contributed by atoms with Gasteiger partial charge in [-0.2, -0.15) is 0 Å². The zero-order valence-corrected chi connectivity index (χ0v) is 27.9. The first-order chi connectivity index (χ1) is 20.0. The normalized spacial score (nSPS) is 13.8. The zero-order chi connectivity index (χ0) is 28.2. The van der Waals surface area contributed by atoms with Gasteiger partial charge in [-0.1, -0.05) is 92.3 Å².